The molecular formula is C14H10F2OS. The van der Waals surface area contributed by atoms with Crippen molar-refractivity contribution in [3.63, 3.8) is 0 Å². The monoisotopic (exact) mass is 264 g/mol. The van der Waals surface area contributed by atoms with Crippen LogP contribution in [-0.2, 0) is 0 Å². The Morgan fingerprint density at radius 2 is 2.00 bits per heavy atom. The lowest BCUT2D eigenvalue weighted by molar-refractivity contribution is 0.105. The molecule has 0 radical (unpaired) electrons. The van der Waals surface area contributed by atoms with Crippen LogP contribution in [0.2, 0.25) is 0 Å². The van der Waals surface area contributed by atoms with Gasteiger partial charge in [0.15, 0.2) is 5.78 Å². The Kier molecular flexibility index (Phi) is 3.67. The fourth-order valence-corrected chi connectivity index (χ4v) is 2.24. The van der Waals surface area contributed by atoms with Crippen LogP contribution < -0.4 is 0 Å². The summed E-state index contributed by atoms with van der Waals surface area (Å²) in [5.41, 5.74) is 0.193. The number of allylic oxidation sites excluding steroid dienone is 1. The van der Waals surface area contributed by atoms with Gasteiger partial charge in [-0.25, -0.2) is 8.78 Å². The van der Waals surface area contributed by atoms with Gasteiger partial charge < -0.3 is 0 Å². The standard InChI is InChI=1S/C14H10F2OS/c1-9-2-7-14(18-9)13(17)6-4-10-3-5-11(15)8-12(10)16/h2-8H,1H3/b6-4+. The maximum Gasteiger partial charge on any atom is 0.195 e. The molecule has 0 saturated heterocycles. The second-order valence-electron chi connectivity index (χ2n) is 3.77. The van der Waals surface area contributed by atoms with Gasteiger partial charge in [0, 0.05) is 16.5 Å². The zero-order chi connectivity index (χ0) is 13.1. The molecule has 18 heavy (non-hydrogen) atoms. The fourth-order valence-electron chi connectivity index (χ4n) is 1.45. The Morgan fingerprint density at radius 1 is 1.22 bits per heavy atom. The van der Waals surface area contributed by atoms with E-state index >= 15 is 0 Å². The van der Waals surface area contributed by atoms with Gasteiger partial charge in [-0.15, -0.1) is 11.3 Å². The molecule has 0 aliphatic rings. The highest BCUT2D eigenvalue weighted by atomic mass is 32.1. The van der Waals surface area contributed by atoms with Crippen molar-refractivity contribution >= 4 is 23.2 Å². The lowest BCUT2D eigenvalue weighted by Crippen LogP contribution is -1.90. The van der Waals surface area contributed by atoms with E-state index < -0.39 is 11.6 Å². The topological polar surface area (TPSA) is 17.1 Å². The maximum absolute atomic E-state index is 13.3. The van der Waals surface area contributed by atoms with Crippen molar-refractivity contribution in [2.75, 3.05) is 0 Å². The molecule has 2 aromatic rings. The largest absolute Gasteiger partial charge is 0.288 e. The molecule has 1 nitrogen and oxygen atoms in total. The second kappa shape index (κ2) is 5.23. The van der Waals surface area contributed by atoms with Crippen molar-refractivity contribution in [2.45, 2.75) is 6.92 Å². The predicted octanol–water partition coefficient (Wildman–Crippen LogP) is 4.23. The lowest BCUT2D eigenvalue weighted by Gasteiger charge is -1.96. The number of benzene rings is 1. The third kappa shape index (κ3) is 2.90. The van der Waals surface area contributed by atoms with Crippen LogP contribution in [0.1, 0.15) is 20.1 Å². The van der Waals surface area contributed by atoms with E-state index in [4.69, 9.17) is 0 Å². The Hall–Kier alpha value is -1.81. The first kappa shape index (κ1) is 12.6. The summed E-state index contributed by atoms with van der Waals surface area (Å²) >= 11 is 1.38. The summed E-state index contributed by atoms with van der Waals surface area (Å²) in [7, 11) is 0. The number of aryl methyl sites for hydroxylation is 1. The van der Waals surface area contributed by atoms with E-state index in [0.29, 0.717) is 4.88 Å². The van der Waals surface area contributed by atoms with Gasteiger partial charge in [-0.3, -0.25) is 4.79 Å². The summed E-state index contributed by atoms with van der Waals surface area (Å²) in [4.78, 5) is 13.4. The third-order valence-electron chi connectivity index (χ3n) is 2.36. The number of rotatable bonds is 3. The first-order valence-corrected chi connectivity index (χ1v) is 6.12. The van der Waals surface area contributed by atoms with Crippen molar-refractivity contribution < 1.29 is 13.6 Å². The smallest absolute Gasteiger partial charge is 0.195 e. The zero-order valence-electron chi connectivity index (χ0n) is 9.61. The maximum atomic E-state index is 13.3. The quantitative estimate of drug-likeness (QED) is 0.599. The van der Waals surface area contributed by atoms with Crippen LogP contribution in [0.4, 0.5) is 8.78 Å². The van der Waals surface area contributed by atoms with Gasteiger partial charge in [0.2, 0.25) is 0 Å². The number of hydrogen-bond acceptors (Lipinski definition) is 2. The van der Waals surface area contributed by atoms with E-state index in [9.17, 15) is 13.6 Å². The highest BCUT2D eigenvalue weighted by Crippen LogP contribution is 2.17. The molecule has 92 valence electrons. The van der Waals surface area contributed by atoms with Crippen LogP contribution in [0, 0.1) is 18.6 Å². The molecule has 0 unspecified atom stereocenters. The van der Waals surface area contributed by atoms with Crippen molar-refractivity contribution in [3.8, 4) is 0 Å². The van der Waals surface area contributed by atoms with Crippen molar-refractivity contribution in [3.05, 3.63) is 63.4 Å². The molecule has 1 aromatic heterocycles. The van der Waals surface area contributed by atoms with E-state index in [2.05, 4.69) is 0 Å². The summed E-state index contributed by atoms with van der Waals surface area (Å²) in [5, 5.41) is 0. The van der Waals surface area contributed by atoms with E-state index in [-0.39, 0.29) is 11.3 Å². The SMILES string of the molecule is Cc1ccc(C(=O)/C=C/c2ccc(F)cc2F)s1. The molecule has 0 aliphatic heterocycles. The van der Waals surface area contributed by atoms with E-state index in [1.54, 1.807) is 6.07 Å². The minimum atomic E-state index is -0.679. The van der Waals surface area contributed by atoms with Crippen molar-refractivity contribution in [1.29, 1.82) is 0 Å². The van der Waals surface area contributed by atoms with Crippen molar-refractivity contribution in [2.24, 2.45) is 0 Å². The highest BCUT2D eigenvalue weighted by molar-refractivity contribution is 7.14. The molecule has 0 bridgehead atoms. The number of carbonyl (C=O) groups excluding carboxylic acids is 1. The van der Waals surface area contributed by atoms with E-state index in [1.165, 1.54) is 29.6 Å². The third-order valence-corrected chi connectivity index (χ3v) is 3.38. The number of ketones is 1. The van der Waals surface area contributed by atoms with E-state index in [1.807, 2.05) is 13.0 Å². The molecule has 0 aliphatic carbocycles. The molecule has 2 rings (SSSR count). The Balaban J connectivity index is 2.18. The molecule has 1 aromatic carbocycles. The molecule has 1 heterocycles. The number of halogens is 2. The molecule has 4 heteroatoms. The number of thiophene rings is 1. The summed E-state index contributed by atoms with van der Waals surface area (Å²) in [6.07, 6.45) is 2.65. The molecule has 0 atom stereocenters. The van der Waals surface area contributed by atoms with Crippen LogP contribution >= 0.6 is 11.3 Å². The van der Waals surface area contributed by atoms with Crippen LogP contribution in [0.5, 0.6) is 0 Å². The van der Waals surface area contributed by atoms with Gasteiger partial charge >= 0.3 is 0 Å². The average Bonchev–Trinajstić information content (AvgIpc) is 2.74. The van der Waals surface area contributed by atoms with Gasteiger partial charge in [0.1, 0.15) is 11.6 Å². The molecule has 0 fully saturated rings. The van der Waals surface area contributed by atoms with Crippen molar-refractivity contribution in [1.82, 2.24) is 0 Å². The first-order chi connectivity index (χ1) is 8.56. The van der Waals surface area contributed by atoms with Gasteiger partial charge in [0.25, 0.3) is 0 Å². The Bertz CT molecular complexity index is 614. The van der Waals surface area contributed by atoms with Crippen LogP contribution in [-0.4, -0.2) is 5.78 Å². The van der Waals surface area contributed by atoms with E-state index in [0.717, 1.165) is 17.0 Å². The lowest BCUT2D eigenvalue weighted by atomic mass is 10.1. The first-order valence-electron chi connectivity index (χ1n) is 5.30. The Morgan fingerprint density at radius 3 is 2.61 bits per heavy atom. The Labute approximate surface area is 107 Å². The van der Waals surface area contributed by atoms with Crippen LogP contribution in [0.25, 0.3) is 6.08 Å². The zero-order valence-corrected chi connectivity index (χ0v) is 10.4. The normalized spacial score (nSPS) is 11.1. The molecular weight excluding hydrogens is 254 g/mol. The molecule has 0 spiro atoms. The highest BCUT2D eigenvalue weighted by Gasteiger charge is 2.05. The average molecular weight is 264 g/mol. The minimum absolute atomic E-state index is 0.183. The molecule has 0 saturated carbocycles. The molecule has 0 amide bonds. The van der Waals surface area contributed by atoms with Crippen LogP contribution in [0.15, 0.2) is 36.4 Å². The summed E-state index contributed by atoms with van der Waals surface area (Å²) in [6.45, 7) is 1.91. The predicted molar refractivity (Wildman–Crippen MR) is 68.8 cm³/mol. The van der Waals surface area contributed by atoms with Crippen LogP contribution in [0.3, 0.4) is 0 Å². The van der Waals surface area contributed by atoms with Gasteiger partial charge in [-0.2, -0.15) is 0 Å². The summed E-state index contributed by atoms with van der Waals surface area (Å²) < 4.78 is 26.0. The van der Waals surface area contributed by atoms with Gasteiger partial charge in [-0.1, -0.05) is 0 Å². The summed E-state index contributed by atoms with van der Waals surface area (Å²) in [5.74, 6) is -1.50. The summed E-state index contributed by atoms with van der Waals surface area (Å²) in [6, 6.07) is 6.83. The molecule has 0 N–H and O–H groups in total. The fraction of sp³-hybridized carbons (Fsp3) is 0.0714. The second-order valence-corrected chi connectivity index (χ2v) is 5.06. The van der Waals surface area contributed by atoms with Gasteiger partial charge in [0.05, 0.1) is 4.88 Å². The number of hydrogen-bond donors (Lipinski definition) is 0. The van der Waals surface area contributed by atoms with Gasteiger partial charge in [-0.05, 0) is 43.3 Å². The number of carbonyl (C=O) groups is 1. The minimum Gasteiger partial charge on any atom is -0.288 e.